The van der Waals surface area contributed by atoms with E-state index in [0.29, 0.717) is 54.5 Å². The van der Waals surface area contributed by atoms with Gasteiger partial charge in [0, 0.05) is 60.8 Å². The standard InChI is InChI=1S/C30H27N5O6S/c1-40-25-11-5-20(6-12-25)29(37)34-17-15-33(16-18-34)23-9-7-22(8-10-23)31-30(42)32-28(36)27-14-13-26(41-27)21-3-2-4-24(19-21)35(38)39/h2-14,19H,15-18H2,1H3,(H2,31,32,36,42). The van der Waals surface area contributed by atoms with E-state index in [2.05, 4.69) is 15.5 Å². The number of hydrogen-bond acceptors (Lipinski definition) is 8. The number of carbonyl (C=O) groups is 2. The number of amides is 2. The van der Waals surface area contributed by atoms with Gasteiger partial charge in [0.25, 0.3) is 17.5 Å². The highest BCUT2D eigenvalue weighted by molar-refractivity contribution is 7.80. The van der Waals surface area contributed by atoms with Gasteiger partial charge in [0.2, 0.25) is 0 Å². The third kappa shape index (κ3) is 6.56. The first kappa shape index (κ1) is 28.3. The number of piperazine rings is 1. The molecule has 1 saturated heterocycles. The number of carbonyl (C=O) groups excluding carboxylic acids is 2. The van der Waals surface area contributed by atoms with Crippen LogP contribution in [0.3, 0.4) is 0 Å². The van der Waals surface area contributed by atoms with E-state index >= 15 is 0 Å². The van der Waals surface area contributed by atoms with E-state index in [9.17, 15) is 19.7 Å². The molecule has 0 unspecified atom stereocenters. The topological polar surface area (TPSA) is 130 Å². The van der Waals surface area contributed by atoms with Crippen LogP contribution < -0.4 is 20.3 Å². The van der Waals surface area contributed by atoms with Crippen molar-refractivity contribution in [3.05, 3.63) is 106 Å². The van der Waals surface area contributed by atoms with Crippen molar-refractivity contribution in [3.8, 4) is 17.1 Å². The van der Waals surface area contributed by atoms with Crippen LogP contribution in [0.25, 0.3) is 11.3 Å². The van der Waals surface area contributed by atoms with Gasteiger partial charge in [0.1, 0.15) is 11.5 Å². The summed E-state index contributed by atoms with van der Waals surface area (Å²) in [4.78, 5) is 40.1. The molecule has 0 radical (unpaired) electrons. The molecule has 12 heteroatoms. The van der Waals surface area contributed by atoms with Gasteiger partial charge in [-0.3, -0.25) is 25.0 Å². The summed E-state index contributed by atoms with van der Waals surface area (Å²) >= 11 is 5.29. The van der Waals surface area contributed by atoms with Gasteiger partial charge in [0.05, 0.1) is 12.0 Å². The third-order valence-electron chi connectivity index (χ3n) is 6.79. The Labute approximate surface area is 246 Å². The van der Waals surface area contributed by atoms with Crippen LogP contribution in [-0.4, -0.2) is 60.0 Å². The van der Waals surface area contributed by atoms with Crippen LogP contribution in [0.15, 0.2) is 89.3 Å². The average molecular weight is 586 g/mol. The zero-order chi connectivity index (χ0) is 29.6. The molecular weight excluding hydrogens is 558 g/mol. The number of thiocarbonyl (C=S) groups is 1. The predicted octanol–water partition coefficient (Wildman–Crippen LogP) is 4.95. The molecular formula is C30H27N5O6S. The number of hydrogen-bond donors (Lipinski definition) is 2. The van der Waals surface area contributed by atoms with E-state index in [0.717, 1.165) is 5.69 Å². The van der Waals surface area contributed by atoms with Crippen molar-refractivity contribution in [1.29, 1.82) is 0 Å². The van der Waals surface area contributed by atoms with Gasteiger partial charge in [-0.05, 0) is 72.9 Å². The molecule has 2 heterocycles. The van der Waals surface area contributed by atoms with Gasteiger partial charge in [-0.1, -0.05) is 12.1 Å². The van der Waals surface area contributed by atoms with E-state index < -0.39 is 10.8 Å². The fraction of sp³-hybridized carbons (Fsp3) is 0.167. The van der Waals surface area contributed by atoms with E-state index in [-0.39, 0.29) is 22.5 Å². The quantitative estimate of drug-likeness (QED) is 0.176. The summed E-state index contributed by atoms with van der Waals surface area (Å²) < 4.78 is 10.8. The molecule has 1 aliphatic rings. The number of nitro benzene ring substituents is 1. The highest BCUT2D eigenvalue weighted by atomic mass is 32.1. The van der Waals surface area contributed by atoms with E-state index in [1.54, 1.807) is 49.6 Å². The highest BCUT2D eigenvalue weighted by Gasteiger charge is 2.22. The Kier molecular flexibility index (Phi) is 8.44. The fourth-order valence-electron chi connectivity index (χ4n) is 4.55. The van der Waals surface area contributed by atoms with Crippen molar-refractivity contribution in [1.82, 2.24) is 10.2 Å². The Bertz CT molecular complexity index is 1610. The number of rotatable bonds is 7. The molecule has 1 aliphatic heterocycles. The summed E-state index contributed by atoms with van der Waals surface area (Å²) in [6.45, 7) is 2.61. The average Bonchev–Trinajstić information content (AvgIpc) is 3.52. The molecule has 11 nitrogen and oxygen atoms in total. The van der Waals surface area contributed by atoms with Gasteiger partial charge >= 0.3 is 0 Å². The van der Waals surface area contributed by atoms with Gasteiger partial charge in [0.15, 0.2) is 10.9 Å². The third-order valence-corrected chi connectivity index (χ3v) is 7.00. The Morgan fingerprint density at radius 1 is 0.952 bits per heavy atom. The summed E-state index contributed by atoms with van der Waals surface area (Å²) in [6, 6.07) is 23.7. The number of furan rings is 1. The second-order valence-electron chi connectivity index (χ2n) is 9.43. The van der Waals surface area contributed by atoms with E-state index in [4.69, 9.17) is 21.4 Å². The van der Waals surface area contributed by atoms with Gasteiger partial charge < -0.3 is 24.3 Å². The SMILES string of the molecule is COc1ccc(C(=O)N2CCN(c3ccc(NC(=S)NC(=O)c4ccc(-c5cccc([N+](=O)[O-])c5)o4)cc3)CC2)cc1. The smallest absolute Gasteiger partial charge is 0.293 e. The zero-order valence-electron chi connectivity index (χ0n) is 22.6. The number of nitrogens with one attached hydrogen (secondary N) is 2. The second kappa shape index (κ2) is 12.5. The summed E-state index contributed by atoms with van der Waals surface area (Å²) in [6.07, 6.45) is 0. The number of methoxy groups -OCH3 is 1. The molecule has 0 spiro atoms. The molecule has 1 fully saturated rings. The molecule has 0 atom stereocenters. The Balaban J connectivity index is 1.11. The second-order valence-corrected chi connectivity index (χ2v) is 9.84. The molecule has 0 bridgehead atoms. The van der Waals surface area contributed by atoms with Crippen molar-refractivity contribution >= 4 is 46.2 Å². The molecule has 3 aromatic carbocycles. The van der Waals surface area contributed by atoms with Crippen molar-refractivity contribution in [2.75, 3.05) is 43.5 Å². The first-order chi connectivity index (χ1) is 20.3. The van der Waals surface area contributed by atoms with Crippen molar-refractivity contribution in [2.45, 2.75) is 0 Å². The highest BCUT2D eigenvalue weighted by Crippen LogP contribution is 2.26. The number of nitro groups is 1. The molecule has 214 valence electrons. The van der Waals surface area contributed by atoms with Crippen molar-refractivity contribution < 1.29 is 23.7 Å². The molecule has 5 rings (SSSR count). The van der Waals surface area contributed by atoms with Crippen molar-refractivity contribution in [2.24, 2.45) is 0 Å². The maximum Gasteiger partial charge on any atom is 0.293 e. The van der Waals surface area contributed by atoms with Gasteiger partial charge in [-0.2, -0.15) is 0 Å². The minimum absolute atomic E-state index is 0.00206. The monoisotopic (exact) mass is 585 g/mol. The number of benzene rings is 3. The molecule has 0 saturated carbocycles. The minimum Gasteiger partial charge on any atom is -0.497 e. The summed E-state index contributed by atoms with van der Waals surface area (Å²) in [5.41, 5.74) is 2.74. The lowest BCUT2D eigenvalue weighted by Gasteiger charge is -2.36. The Morgan fingerprint density at radius 2 is 1.67 bits per heavy atom. The molecule has 0 aliphatic carbocycles. The first-order valence-corrected chi connectivity index (χ1v) is 13.5. The number of non-ortho nitro benzene ring substituents is 1. The number of ether oxygens (including phenoxy) is 1. The van der Waals surface area contributed by atoms with E-state index in [1.165, 1.54) is 18.2 Å². The summed E-state index contributed by atoms with van der Waals surface area (Å²) in [5.74, 6) is 0.499. The van der Waals surface area contributed by atoms with Crippen LogP contribution in [0.4, 0.5) is 17.1 Å². The van der Waals surface area contributed by atoms with Crippen LogP contribution in [-0.2, 0) is 0 Å². The number of anilines is 2. The van der Waals surface area contributed by atoms with Crippen molar-refractivity contribution in [3.63, 3.8) is 0 Å². The molecule has 2 N–H and O–H groups in total. The molecule has 1 aromatic heterocycles. The molecule has 42 heavy (non-hydrogen) atoms. The van der Waals surface area contributed by atoms with Crippen LogP contribution in [0, 0.1) is 10.1 Å². The predicted molar refractivity (Wildman–Crippen MR) is 162 cm³/mol. The first-order valence-electron chi connectivity index (χ1n) is 13.1. The maximum absolute atomic E-state index is 12.8. The van der Waals surface area contributed by atoms with Crippen LogP contribution in [0.2, 0.25) is 0 Å². The Hall–Kier alpha value is -5.23. The molecule has 2 amide bonds. The van der Waals surface area contributed by atoms with Gasteiger partial charge in [-0.15, -0.1) is 0 Å². The fourth-order valence-corrected chi connectivity index (χ4v) is 4.76. The largest absolute Gasteiger partial charge is 0.497 e. The summed E-state index contributed by atoms with van der Waals surface area (Å²) in [5, 5.41) is 16.7. The normalized spacial score (nSPS) is 12.9. The zero-order valence-corrected chi connectivity index (χ0v) is 23.4. The van der Waals surface area contributed by atoms with Crippen LogP contribution in [0.5, 0.6) is 5.75 Å². The maximum atomic E-state index is 12.8. The van der Waals surface area contributed by atoms with Crippen LogP contribution >= 0.6 is 12.2 Å². The minimum atomic E-state index is -0.553. The lowest BCUT2D eigenvalue weighted by Crippen LogP contribution is -2.48. The molecule has 4 aromatic rings. The Morgan fingerprint density at radius 3 is 2.33 bits per heavy atom. The van der Waals surface area contributed by atoms with E-state index in [1.807, 2.05) is 29.2 Å². The van der Waals surface area contributed by atoms with Gasteiger partial charge in [-0.25, -0.2) is 0 Å². The van der Waals surface area contributed by atoms with Crippen LogP contribution in [0.1, 0.15) is 20.9 Å². The number of nitrogens with zero attached hydrogens (tertiary/aromatic N) is 3. The lowest BCUT2D eigenvalue weighted by molar-refractivity contribution is -0.384. The lowest BCUT2D eigenvalue weighted by atomic mass is 10.1. The summed E-state index contributed by atoms with van der Waals surface area (Å²) in [7, 11) is 1.59.